The van der Waals surface area contributed by atoms with Crippen molar-refractivity contribution in [2.45, 2.75) is 45.4 Å². The lowest BCUT2D eigenvalue weighted by molar-refractivity contribution is -0.147. The molecule has 1 rings (SSSR count). The third-order valence-electron chi connectivity index (χ3n) is 3.64. The molecule has 0 aliphatic heterocycles. The molecule has 2 unspecified atom stereocenters. The molecule has 0 spiro atoms. The first kappa shape index (κ1) is 14.8. The first-order valence-corrected chi connectivity index (χ1v) is 6.05. The van der Waals surface area contributed by atoms with E-state index in [4.69, 9.17) is 0 Å². The van der Waals surface area contributed by atoms with Gasteiger partial charge in [0.05, 0.1) is 12.6 Å². The fraction of sp³-hybridized carbons (Fsp3) is 1.00. The first-order valence-electron chi connectivity index (χ1n) is 6.05. The second-order valence-electron chi connectivity index (χ2n) is 5.90. The van der Waals surface area contributed by atoms with Gasteiger partial charge in [-0.3, -0.25) is 4.90 Å². The van der Waals surface area contributed by atoms with Crippen LogP contribution in [0.5, 0.6) is 0 Å². The average Bonchev–Trinajstić information content (AvgIpc) is 2.09. The van der Waals surface area contributed by atoms with Crippen molar-refractivity contribution >= 4 is 0 Å². The van der Waals surface area contributed by atoms with Crippen LogP contribution in [0.1, 0.15) is 33.1 Å². The van der Waals surface area contributed by atoms with Gasteiger partial charge in [0.2, 0.25) is 0 Å². The summed E-state index contributed by atoms with van der Waals surface area (Å²) in [6.45, 7) is 3.36. The predicted molar refractivity (Wildman–Crippen MR) is 60.7 cm³/mol. The molecule has 1 aliphatic rings. The van der Waals surface area contributed by atoms with Crippen molar-refractivity contribution in [1.82, 2.24) is 4.90 Å². The minimum absolute atomic E-state index is 0.0499. The number of alkyl halides is 3. The molecule has 0 amide bonds. The highest BCUT2D eigenvalue weighted by atomic mass is 19.4. The van der Waals surface area contributed by atoms with Gasteiger partial charge < -0.3 is 5.11 Å². The summed E-state index contributed by atoms with van der Waals surface area (Å²) in [5, 5.41) is 10.1. The lowest BCUT2D eigenvalue weighted by Gasteiger charge is -2.42. The Labute approximate surface area is 101 Å². The summed E-state index contributed by atoms with van der Waals surface area (Å²) in [5.74, 6) is -0.0499. The molecule has 0 heterocycles. The molecule has 1 saturated carbocycles. The van der Waals surface area contributed by atoms with Crippen LogP contribution in [0.3, 0.4) is 0 Å². The normalized spacial score (nSPS) is 29.6. The van der Waals surface area contributed by atoms with Crippen molar-refractivity contribution in [3.8, 4) is 0 Å². The molecule has 2 atom stereocenters. The lowest BCUT2D eigenvalue weighted by atomic mass is 9.69. The fourth-order valence-corrected chi connectivity index (χ4v) is 2.73. The maximum atomic E-state index is 12.2. The van der Waals surface area contributed by atoms with Gasteiger partial charge in [-0.15, -0.1) is 0 Å². The molecule has 1 aliphatic carbocycles. The molecule has 17 heavy (non-hydrogen) atoms. The minimum atomic E-state index is -4.16. The van der Waals surface area contributed by atoms with Crippen LogP contribution in [0.15, 0.2) is 0 Å². The smallest absolute Gasteiger partial charge is 0.392 e. The topological polar surface area (TPSA) is 23.5 Å². The van der Waals surface area contributed by atoms with Gasteiger partial charge in [-0.2, -0.15) is 13.2 Å². The third-order valence-corrected chi connectivity index (χ3v) is 3.64. The maximum absolute atomic E-state index is 12.2. The summed E-state index contributed by atoms with van der Waals surface area (Å²) in [6, 6.07) is 0. The standard InChI is InChI=1S/C12H22F3NO/c1-11(2)6-4-5-9(10(11)17)7-16(3)8-12(13,14)15/h9-10,17H,4-8H2,1-3H3. The van der Waals surface area contributed by atoms with Gasteiger partial charge in [-0.25, -0.2) is 0 Å². The molecule has 0 aromatic carbocycles. The van der Waals surface area contributed by atoms with E-state index in [1.54, 1.807) is 0 Å². The van der Waals surface area contributed by atoms with Crippen LogP contribution >= 0.6 is 0 Å². The lowest BCUT2D eigenvalue weighted by Crippen LogP contribution is -2.45. The van der Waals surface area contributed by atoms with Crippen LogP contribution < -0.4 is 0 Å². The van der Waals surface area contributed by atoms with Gasteiger partial charge in [0.25, 0.3) is 0 Å². The number of aliphatic hydroxyl groups is 1. The molecule has 0 aromatic heterocycles. The van der Waals surface area contributed by atoms with Gasteiger partial charge >= 0.3 is 6.18 Å². The van der Waals surface area contributed by atoms with Crippen molar-refractivity contribution in [3.05, 3.63) is 0 Å². The van der Waals surface area contributed by atoms with Crippen molar-refractivity contribution < 1.29 is 18.3 Å². The van der Waals surface area contributed by atoms with E-state index in [-0.39, 0.29) is 11.3 Å². The number of hydrogen-bond donors (Lipinski definition) is 1. The van der Waals surface area contributed by atoms with Crippen molar-refractivity contribution in [2.24, 2.45) is 11.3 Å². The Balaban J connectivity index is 2.51. The van der Waals surface area contributed by atoms with E-state index in [1.807, 2.05) is 13.8 Å². The van der Waals surface area contributed by atoms with E-state index in [0.29, 0.717) is 6.54 Å². The van der Waals surface area contributed by atoms with Crippen LogP contribution in [0.4, 0.5) is 13.2 Å². The van der Waals surface area contributed by atoms with E-state index in [9.17, 15) is 18.3 Å². The van der Waals surface area contributed by atoms with Crippen LogP contribution in [-0.4, -0.2) is 42.4 Å². The number of nitrogens with zero attached hydrogens (tertiary/aromatic N) is 1. The summed E-state index contributed by atoms with van der Waals surface area (Å²) < 4.78 is 36.6. The Kier molecular flexibility index (Phi) is 4.47. The number of hydrogen-bond acceptors (Lipinski definition) is 2. The predicted octanol–water partition coefficient (Wildman–Crippen LogP) is 2.67. The molecule has 2 nitrogen and oxygen atoms in total. The summed E-state index contributed by atoms with van der Waals surface area (Å²) >= 11 is 0. The first-order chi connectivity index (χ1) is 7.62. The summed E-state index contributed by atoms with van der Waals surface area (Å²) in [4.78, 5) is 1.26. The van der Waals surface area contributed by atoms with Crippen LogP contribution in [0.2, 0.25) is 0 Å². The number of rotatable bonds is 3. The summed E-state index contributed by atoms with van der Waals surface area (Å²) in [5.41, 5.74) is -0.179. The highest BCUT2D eigenvalue weighted by Crippen LogP contribution is 2.39. The molecule has 1 N–H and O–H groups in total. The molecule has 0 radical (unpaired) electrons. The Hall–Kier alpha value is -0.290. The Morgan fingerprint density at radius 1 is 1.35 bits per heavy atom. The van der Waals surface area contributed by atoms with Gasteiger partial charge in [0.1, 0.15) is 0 Å². The average molecular weight is 253 g/mol. The summed E-state index contributed by atoms with van der Waals surface area (Å²) in [7, 11) is 1.46. The largest absolute Gasteiger partial charge is 0.401 e. The van der Waals surface area contributed by atoms with Crippen LogP contribution in [0.25, 0.3) is 0 Å². The van der Waals surface area contributed by atoms with Crippen LogP contribution in [-0.2, 0) is 0 Å². The van der Waals surface area contributed by atoms with Crippen molar-refractivity contribution in [3.63, 3.8) is 0 Å². The zero-order valence-corrected chi connectivity index (χ0v) is 10.7. The Morgan fingerprint density at radius 2 is 1.94 bits per heavy atom. The highest BCUT2D eigenvalue weighted by molar-refractivity contribution is 4.89. The van der Waals surface area contributed by atoms with Crippen LogP contribution in [0, 0.1) is 11.3 Å². The fourth-order valence-electron chi connectivity index (χ4n) is 2.73. The molecule has 102 valence electrons. The number of halogens is 3. The Morgan fingerprint density at radius 3 is 2.47 bits per heavy atom. The van der Waals surface area contributed by atoms with E-state index in [0.717, 1.165) is 19.3 Å². The SMILES string of the molecule is CN(CC1CCCC(C)(C)C1O)CC(F)(F)F. The van der Waals surface area contributed by atoms with E-state index in [1.165, 1.54) is 11.9 Å². The second kappa shape index (κ2) is 5.14. The second-order valence-corrected chi connectivity index (χ2v) is 5.90. The molecular formula is C12H22F3NO. The molecule has 0 saturated heterocycles. The maximum Gasteiger partial charge on any atom is 0.401 e. The van der Waals surface area contributed by atoms with Gasteiger partial charge in [-0.1, -0.05) is 20.3 Å². The monoisotopic (exact) mass is 253 g/mol. The van der Waals surface area contributed by atoms with E-state index < -0.39 is 18.8 Å². The van der Waals surface area contributed by atoms with Crippen molar-refractivity contribution in [2.75, 3.05) is 20.1 Å². The van der Waals surface area contributed by atoms with Gasteiger partial charge in [0.15, 0.2) is 0 Å². The molecular weight excluding hydrogens is 231 g/mol. The molecule has 0 aromatic rings. The van der Waals surface area contributed by atoms with Gasteiger partial charge in [0, 0.05) is 6.54 Å². The van der Waals surface area contributed by atoms with Crippen molar-refractivity contribution in [1.29, 1.82) is 0 Å². The zero-order valence-electron chi connectivity index (χ0n) is 10.7. The third kappa shape index (κ3) is 4.47. The summed E-state index contributed by atoms with van der Waals surface area (Å²) in [6.07, 6.45) is -1.94. The van der Waals surface area contributed by atoms with E-state index in [2.05, 4.69) is 0 Å². The molecule has 5 heteroatoms. The molecule has 1 fully saturated rings. The number of aliphatic hydroxyl groups excluding tert-OH is 1. The zero-order chi connectivity index (χ0) is 13.3. The molecule has 0 bridgehead atoms. The minimum Gasteiger partial charge on any atom is -0.392 e. The quantitative estimate of drug-likeness (QED) is 0.836. The highest BCUT2D eigenvalue weighted by Gasteiger charge is 2.39. The van der Waals surface area contributed by atoms with E-state index >= 15 is 0 Å². The van der Waals surface area contributed by atoms with Gasteiger partial charge in [-0.05, 0) is 31.2 Å². The Bertz CT molecular complexity index is 253.